The minimum atomic E-state index is -1.15. The predicted molar refractivity (Wildman–Crippen MR) is 110 cm³/mol. The Labute approximate surface area is 176 Å². The first kappa shape index (κ1) is 21.8. The molecule has 0 aliphatic carbocycles. The largest absolute Gasteiger partial charge is 0.494 e. The third-order valence-corrected chi connectivity index (χ3v) is 4.23. The van der Waals surface area contributed by atoms with E-state index in [0.29, 0.717) is 11.3 Å². The smallest absolute Gasteiger partial charge is 0.307 e. The van der Waals surface area contributed by atoms with Gasteiger partial charge in [-0.05, 0) is 26.8 Å². The number of nitrogens with zero attached hydrogens (tertiary/aromatic N) is 5. The van der Waals surface area contributed by atoms with Crippen LogP contribution in [-0.2, 0) is 5.60 Å². The fourth-order valence-electron chi connectivity index (χ4n) is 2.77. The van der Waals surface area contributed by atoms with Crippen molar-refractivity contribution in [2.45, 2.75) is 26.4 Å². The molecule has 1 aromatic carbocycles. The molecule has 0 fully saturated rings. The summed E-state index contributed by atoms with van der Waals surface area (Å²) in [5, 5.41) is 27.2. The summed E-state index contributed by atoms with van der Waals surface area (Å²) in [6.45, 7) is 5.08. The lowest BCUT2D eigenvalue weighted by molar-refractivity contribution is -0.387. The Hall–Kier alpha value is -3.93. The van der Waals surface area contributed by atoms with Gasteiger partial charge in [-0.2, -0.15) is 9.37 Å². The molecule has 0 amide bonds. The fourth-order valence-corrected chi connectivity index (χ4v) is 2.77. The molecular formula is C19H20FN7O4. The molecule has 0 saturated carbocycles. The first-order chi connectivity index (χ1) is 14.6. The average molecular weight is 429 g/mol. The van der Waals surface area contributed by atoms with Crippen LogP contribution in [0.25, 0.3) is 0 Å². The third-order valence-electron chi connectivity index (χ3n) is 4.23. The number of nitro groups is 1. The molecule has 3 aromatic rings. The Morgan fingerprint density at radius 1 is 1.13 bits per heavy atom. The van der Waals surface area contributed by atoms with Crippen LogP contribution in [0.1, 0.15) is 25.1 Å². The maximum atomic E-state index is 13.8. The van der Waals surface area contributed by atoms with Crippen molar-refractivity contribution < 1.29 is 19.2 Å². The van der Waals surface area contributed by atoms with Crippen molar-refractivity contribution in [3.05, 3.63) is 57.9 Å². The minimum absolute atomic E-state index is 0.0292. The number of aryl methyl sites for hydroxylation is 1. The summed E-state index contributed by atoms with van der Waals surface area (Å²) in [7, 11) is 1.30. The van der Waals surface area contributed by atoms with Crippen LogP contribution in [0, 0.1) is 22.9 Å². The maximum Gasteiger partial charge on any atom is 0.307 e. The molecule has 12 heteroatoms. The number of aliphatic hydroxyl groups is 1. The highest BCUT2D eigenvalue weighted by molar-refractivity contribution is 5.67. The molecule has 0 aliphatic rings. The number of anilines is 4. The number of methoxy groups -OCH3 is 1. The standard InChI is InChI=1S/C19H20FN7O4/c1-10-5-11(19(2,3)28)14(8-21-10)25-18-23-9-22-17(26-18)24-13-7-15(27(29)30)12(20)6-16(13)31-4/h5-9,28H,1-4H3,(H2,22,23,24,25,26). The van der Waals surface area contributed by atoms with E-state index in [2.05, 4.69) is 30.6 Å². The Morgan fingerprint density at radius 2 is 1.77 bits per heavy atom. The summed E-state index contributed by atoms with van der Waals surface area (Å²) in [6.07, 6.45) is 2.76. The SMILES string of the molecule is COc1cc(F)c([N+](=O)[O-])cc1Nc1ncnc(Nc2cnc(C)cc2C(C)(C)O)n1. The van der Waals surface area contributed by atoms with E-state index in [0.717, 1.165) is 17.8 Å². The number of ether oxygens (including phenoxy) is 1. The van der Waals surface area contributed by atoms with Gasteiger partial charge in [0, 0.05) is 23.4 Å². The van der Waals surface area contributed by atoms with Crippen LogP contribution in [-0.4, -0.2) is 37.1 Å². The van der Waals surface area contributed by atoms with E-state index in [9.17, 15) is 19.6 Å². The lowest BCUT2D eigenvalue weighted by Crippen LogP contribution is -2.18. The van der Waals surface area contributed by atoms with Crippen molar-refractivity contribution in [1.82, 2.24) is 19.9 Å². The molecule has 31 heavy (non-hydrogen) atoms. The van der Waals surface area contributed by atoms with Crippen LogP contribution in [0.5, 0.6) is 5.75 Å². The highest BCUT2D eigenvalue weighted by atomic mass is 19.1. The zero-order chi connectivity index (χ0) is 22.8. The molecule has 0 spiro atoms. The molecule has 0 saturated heterocycles. The second-order valence-corrected chi connectivity index (χ2v) is 7.07. The van der Waals surface area contributed by atoms with Gasteiger partial charge in [0.15, 0.2) is 0 Å². The van der Waals surface area contributed by atoms with E-state index < -0.39 is 22.0 Å². The normalized spacial score (nSPS) is 11.2. The van der Waals surface area contributed by atoms with E-state index >= 15 is 0 Å². The first-order valence-electron chi connectivity index (χ1n) is 9.03. The molecule has 0 radical (unpaired) electrons. The van der Waals surface area contributed by atoms with E-state index in [1.807, 2.05) is 0 Å². The van der Waals surface area contributed by atoms with Crippen molar-refractivity contribution >= 4 is 29.0 Å². The molecule has 2 aromatic heterocycles. The molecule has 0 atom stereocenters. The summed E-state index contributed by atoms with van der Waals surface area (Å²) in [5.74, 6) is -0.840. The first-order valence-corrected chi connectivity index (χ1v) is 9.03. The quantitative estimate of drug-likeness (QED) is 0.377. The average Bonchev–Trinajstić information content (AvgIpc) is 2.69. The van der Waals surface area contributed by atoms with Gasteiger partial charge in [-0.3, -0.25) is 15.1 Å². The summed E-state index contributed by atoms with van der Waals surface area (Å²) in [6, 6.07) is 3.63. The van der Waals surface area contributed by atoms with Gasteiger partial charge < -0.3 is 20.5 Å². The second kappa shape index (κ2) is 8.44. The number of aromatic nitrogens is 4. The van der Waals surface area contributed by atoms with Gasteiger partial charge in [-0.15, -0.1) is 0 Å². The second-order valence-electron chi connectivity index (χ2n) is 7.07. The fraction of sp³-hybridized carbons (Fsp3) is 0.263. The zero-order valence-electron chi connectivity index (χ0n) is 17.2. The van der Waals surface area contributed by atoms with Crippen LogP contribution in [0.2, 0.25) is 0 Å². The van der Waals surface area contributed by atoms with Gasteiger partial charge >= 0.3 is 5.69 Å². The summed E-state index contributed by atoms with van der Waals surface area (Å²) in [5.41, 5.74) is 0.0322. The Balaban J connectivity index is 1.93. The molecule has 2 heterocycles. The number of pyridine rings is 1. The van der Waals surface area contributed by atoms with E-state index in [1.54, 1.807) is 33.0 Å². The number of hydrogen-bond donors (Lipinski definition) is 3. The van der Waals surface area contributed by atoms with Gasteiger partial charge in [-0.25, -0.2) is 9.97 Å². The number of benzene rings is 1. The Bertz CT molecular complexity index is 1130. The van der Waals surface area contributed by atoms with E-state index in [-0.39, 0.29) is 23.3 Å². The zero-order valence-corrected chi connectivity index (χ0v) is 17.2. The monoisotopic (exact) mass is 429 g/mol. The van der Waals surface area contributed by atoms with Crippen molar-refractivity contribution in [2.24, 2.45) is 0 Å². The molecule has 162 valence electrons. The van der Waals surface area contributed by atoms with Crippen molar-refractivity contribution in [3.63, 3.8) is 0 Å². The highest BCUT2D eigenvalue weighted by Gasteiger charge is 2.22. The molecule has 3 rings (SSSR count). The van der Waals surface area contributed by atoms with Crippen molar-refractivity contribution in [3.8, 4) is 5.75 Å². The Kier molecular flexibility index (Phi) is 5.92. The van der Waals surface area contributed by atoms with Crippen molar-refractivity contribution in [2.75, 3.05) is 17.7 Å². The third kappa shape index (κ3) is 4.98. The number of halogens is 1. The van der Waals surface area contributed by atoms with Crippen LogP contribution in [0.4, 0.5) is 33.3 Å². The van der Waals surface area contributed by atoms with E-state index in [4.69, 9.17) is 4.74 Å². The molecular weight excluding hydrogens is 409 g/mol. The van der Waals surface area contributed by atoms with Crippen LogP contribution in [0.15, 0.2) is 30.7 Å². The van der Waals surface area contributed by atoms with Crippen LogP contribution < -0.4 is 15.4 Å². The van der Waals surface area contributed by atoms with Gasteiger partial charge in [0.25, 0.3) is 0 Å². The molecule has 3 N–H and O–H groups in total. The lowest BCUT2D eigenvalue weighted by Gasteiger charge is -2.22. The maximum absolute atomic E-state index is 13.8. The van der Waals surface area contributed by atoms with Crippen molar-refractivity contribution in [1.29, 1.82) is 0 Å². The molecule has 11 nitrogen and oxygen atoms in total. The van der Waals surface area contributed by atoms with Crippen LogP contribution >= 0.6 is 0 Å². The molecule has 0 aliphatic heterocycles. The van der Waals surface area contributed by atoms with Gasteiger partial charge in [0.1, 0.15) is 12.1 Å². The predicted octanol–water partition coefficient (Wildman–Crippen LogP) is 3.35. The summed E-state index contributed by atoms with van der Waals surface area (Å²) >= 11 is 0. The number of hydrogen-bond acceptors (Lipinski definition) is 10. The Morgan fingerprint density at radius 3 is 2.35 bits per heavy atom. The summed E-state index contributed by atoms with van der Waals surface area (Å²) < 4.78 is 18.9. The summed E-state index contributed by atoms with van der Waals surface area (Å²) in [4.78, 5) is 26.6. The highest BCUT2D eigenvalue weighted by Crippen LogP contribution is 2.33. The van der Waals surface area contributed by atoms with Gasteiger partial charge in [-0.1, -0.05) is 0 Å². The number of nitro benzene ring substituents is 1. The number of rotatable bonds is 7. The van der Waals surface area contributed by atoms with Gasteiger partial charge in [0.2, 0.25) is 17.7 Å². The topological polar surface area (TPSA) is 148 Å². The van der Waals surface area contributed by atoms with Gasteiger partial charge in [0.05, 0.1) is 35.2 Å². The minimum Gasteiger partial charge on any atom is -0.494 e. The molecule has 0 bridgehead atoms. The molecule has 0 unspecified atom stereocenters. The lowest BCUT2D eigenvalue weighted by atomic mass is 9.97. The van der Waals surface area contributed by atoms with E-state index in [1.165, 1.54) is 13.4 Å². The van der Waals surface area contributed by atoms with Crippen LogP contribution in [0.3, 0.4) is 0 Å². The number of nitrogens with one attached hydrogen (secondary N) is 2.